The van der Waals surface area contributed by atoms with Crippen LogP contribution in [0.1, 0.15) is 31.2 Å². The Morgan fingerprint density at radius 1 is 1.44 bits per heavy atom. The zero-order chi connectivity index (χ0) is 12.8. The van der Waals surface area contributed by atoms with Gasteiger partial charge in [-0.1, -0.05) is 23.7 Å². The van der Waals surface area contributed by atoms with Gasteiger partial charge >= 0.3 is 0 Å². The van der Waals surface area contributed by atoms with E-state index in [0.717, 1.165) is 31.2 Å². The van der Waals surface area contributed by atoms with Crippen LogP contribution in [0.15, 0.2) is 30.9 Å². The lowest BCUT2D eigenvalue weighted by Gasteiger charge is -2.09. The molecule has 0 spiro atoms. The maximum Gasteiger partial charge on any atom is 0.137 e. The maximum atomic E-state index is 6.20. The van der Waals surface area contributed by atoms with E-state index in [0.29, 0.717) is 11.6 Å². The molecule has 2 rings (SSSR count). The van der Waals surface area contributed by atoms with Crippen LogP contribution in [-0.2, 0) is 6.54 Å². The molecule has 0 radical (unpaired) electrons. The molecular formula is C15H20ClNO. The summed E-state index contributed by atoms with van der Waals surface area (Å²) >= 11 is 6.20. The van der Waals surface area contributed by atoms with Crippen molar-refractivity contribution in [1.29, 1.82) is 0 Å². The van der Waals surface area contributed by atoms with E-state index >= 15 is 0 Å². The van der Waals surface area contributed by atoms with Gasteiger partial charge in [-0.05, 0) is 43.4 Å². The molecule has 1 aromatic carbocycles. The molecule has 1 aliphatic rings. The molecule has 1 N–H and O–H groups in total. The molecule has 2 nitrogen and oxygen atoms in total. The summed E-state index contributed by atoms with van der Waals surface area (Å²) in [5.74, 6) is 0.774. The van der Waals surface area contributed by atoms with Crippen molar-refractivity contribution in [3.63, 3.8) is 0 Å². The highest BCUT2D eigenvalue weighted by Crippen LogP contribution is 2.26. The molecule has 1 saturated carbocycles. The number of ether oxygens (including phenoxy) is 1. The first-order valence-corrected chi connectivity index (χ1v) is 6.93. The summed E-state index contributed by atoms with van der Waals surface area (Å²) in [7, 11) is 0. The van der Waals surface area contributed by atoms with Gasteiger partial charge in [0, 0.05) is 12.6 Å². The van der Waals surface area contributed by atoms with Crippen molar-refractivity contribution in [3.8, 4) is 5.75 Å². The highest BCUT2D eigenvalue weighted by atomic mass is 35.5. The van der Waals surface area contributed by atoms with Gasteiger partial charge < -0.3 is 10.1 Å². The van der Waals surface area contributed by atoms with Gasteiger partial charge in [0.25, 0.3) is 0 Å². The van der Waals surface area contributed by atoms with Crippen LogP contribution < -0.4 is 10.1 Å². The Bertz CT molecular complexity index is 401. The van der Waals surface area contributed by atoms with Gasteiger partial charge in [0.2, 0.25) is 0 Å². The van der Waals surface area contributed by atoms with E-state index in [-0.39, 0.29) is 0 Å². The van der Waals surface area contributed by atoms with Crippen LogP contribution in [0.3, 0.4) is 0 Å². The zero-order valence-electron chi connectivity index (χ0n) is 10.6. The molecule has 0 bridgehead atoms. The van der Waals surface area contributed by atoms with E-state index in [9.17, 15) is 0 Å². The fourth-order valence-corrected chi connectivity index (χ4v) is 1.99. The summed E-state index contributed by atoms with van der Waals surface area (Å²) in [6.45, 7) is 5.26. The summed E-state index contributed by atoms with van der Waals surface area (Å²) in [4.78, 5) is 0. The molecule has 0 atom stereocenters. The third-order valence-corrected chi connectivity index (χ3v) is 3.27. The molecule has 0 saturated heterocycles. The monoisotopic (exact) mass is 265 g/mol. The Kier molecular flexibility index (Phi) is 5.09. The third-order valence-electron chi connectivity index (χ3n) is 2.98. The first kappa shape index (κ1) is 13.4. The van der Waals surface area contributed by atoms with Crippen LogP contribution in [-0.4, -0.2) is 12.6 Å². The van der Waals surface area contributed by atoms with E-state index in [1.54, 1.807) is 0 Å². The molecule has 1 fully saturated rings. The fourth-order valence-electron chi connectivity index (χ4n) is 1.73. The second-order valence-electron chi connectivity index (χ2n) is 4.70. The lowest BCUT2D eigenvalue weighted by atomic mass is 10.2. The minimum Gasteiger partial charge on any atom is -0.492 e. The van der Waals surface area contributed by atoms with E-state index in [2.05, 4.69) is 18.0 Å². The van der Waals surface area contributed by atoms with Crippen molar-refractivity contribution in [2.75, 3.05) is 6.61 Å². The van der Waals surface area contributed by atoms with Gasteiger partial charge in [-0.2, -0.15) is 0 Å². The van der Waals surface area contributed by atoms with Crippen molar-refractivity contribution in [2.24, 2.45) is 0 Å². The van der Waals surface area contributed by atoms with Crippen LogP contribution in [0.4, 0.5) is 0 Å². The number of halogens is 1. The Labute approximate surface area is 114 Å². The number of allylic oxidation sites excluding steroid dienone is 1. The summed E-state index contributed by atoms with van der Waals surface area (Å²) < 4.78 is 5.63. The van der Waals surface area contributed by atoms with Gasteiger partial charge in [-0.3, -0.25) is 0 Å². The molecule has 0 amide bonds. The van der Waals surface area contributed by atoms with Gasteiger partial charge in [0.1, 0.15) is 5.75 Å². The highest BCUT2D eigenvalue weighted by Gasteiger charge is 2.19. The number of rotatable bonds is 8. The standard InChI is InChI=1S/C15H20ClNO/c1-2-3-4-9-18-15-8-5-12(10-14(15)16)11-17-13-6-7-13/h2,5,8,10,13,17H,1,3-4,6-7,9,11H2. The van der Waals surface area contributed by atoms with Gasteiger partial charge in [-0.25, -0.2) is 0 Å². The minimum atomic E-state index is 0.686. The molecule has 0 aliphatic heterocycles. The molecule has 1 aliphatic carbocycles. The topological polar surface area (TPSA) is 21.3 Å². The normalized spacial score (nSPS) is 14.5. The van der Waals surface area contributed by atoms with Crippen LogP contribution in [0.2, 0.25) is 5.02 Å². The summed E-state index contributed by atoms with van der Waals surface area (Å²) in [5.41, 5.74) is 1.21. The molecule has 0 unspecified atom stereocenters. The lowest BCUT2D eigenvalue weighted by molar-refractivity contribution is 0.312. The van der Waals surface area contributed by atoms with Crippen LogP contribution >= 0.6 is 11.6 Å². The van der Waals surface area contributed by atoms with Crippen LogP contribution in [0.25, 0.3) is 0 Å². The van der Waals surface area contributed by atoms with Crippen molar-refractivity contribution in [2.45, 2.75) is 38.3 Å². The van der Waals surface area contributed by atoms with Crippen LogP contribution in [0, 0.1) is 0 Å². The Hall–Kier alpha value is -0.990. The van der Waals surface area contributed by atoms with Gasteiger partial charge in [0.15, 0.2) is 0 Å². The molecule has 3 heteroatoms. The van der Waals surface area contributed by atoms with Crippen LogP contribution in [0.5, 0.6) is 5.75 Å². The molecule has 0 aromatic heterocycles. The maximum absolute atomic E-state index is 6.20. The van der Waals surface area contributed by atoms with E-state index in [4.69, 9.17) is 16.3 Å². The number of hydrogen-bond acceptors (Lipinski definition) is 2. The number of nitrogens with one attached hydrogen (secondary N) is 1. The smallest absolute Gasteiger partial charge is 0.137 e. The Morgan fingerprint density at radius 2 is 2.28 bits per heavy atom. The average Bonchev–Trinajstić information content (AvgIpc) is 3.18. The van der Waals surface area contributed by atoms with Crippen molar-refractivity contribution in [3.05, 3.63) is 41.4 Å². The first-order valence-electron chi connectivity index (χ1n) is 6.55. The summed E-state index contributed by atoms with van der Waals surface area (Å²) in [6.07, 6.45) is 6.46. The molecule has 98 valence electrons. The molecule has 0 heterocycles. The van der Waals surface area contributed by atoms with E-state index < -0.39 is 0 Å². The molecule has 18 heavy (non-hydrogen) atoms. The van der Waals surface area contributed by atoms with Crippen molar-refractivity contribution in [1.82, 2.24) is 5.32 Å². The highest BCUT2D eigenvalue weighted by molar-refractivity contribution is 6.32. The Balaban J connectivity index is 1.81. The fraction of sp³-hybridized carbons (Fsp3) is 0.467. The van der Waals surface area contributed by atoms with Gasteiger partial charge in [0.05, 0.1) is 11.6 Å². The first-order chi connectivity index (χ1) is 8.79. The predicted octanol–water partition coefficient (Wildman–Crippen LogP) is 3.94. The lowest BCUT2D eigenvalue weighted by Crippen LogP contribution is -2.15. The number of unbranched alkanes of at least 4 members (excludes halogenated alkanes) is 1. The minimum absolute atomic E-state index is 0.686. The second kappa shape index (κ2) is 6.81. The summed E-state index contributed by atoms with van der Waals surface area (Å²) in [6, 6.07) is 6.74. The van der Waals surface area contributed by atoms with Crippen molar-refractivity contribution >= 4 is 11.6 Å². The third kappa shape index (κ3) is 4.35. The van der Waals surface area contributed by atoms with Crippen molar-refractivity contribution < 1.29 is 4.74 Å². The Morgan fingerprint density at radius 3 is 2.94 bits per heavy atom. The van der Waals surface area contributed by atoms with E-state index in [1.807, 2.05) is 18.2 Å². The quantitative estimate of drug-likeness (QED) is 0.568. The summed E-state index contributed by atoms with van der Waals surface area (Å²) in [5, 5.41) is 4.17. The second-order valence-corrected chi connectivity index (χ2v) is 5.11. The zero-order valence-corrected chi connectivity index (χ0v) is 11.4. The SMILES string of the molecule is C=CCCCOc1ccc(CNC2CC2)cc1Cl. The predicted molar refractivity (Wildman–Crippen MR) is 76.2 cm³/mol. The van der Waals surface area contributed by atoms with E-state index in [1.165, 1.54) is 18.4 Å². The molecular weight excluding hydrogens is 246 g/mol. The number of hydrogen-bond donors (Lipinski definition) is 1. The molecule has 1 aromatic rings. The number of benzene rings is 1. The largest absolute Gasteiger partial charge is 0.492 e. The van der Waals surface area contributed by atoms with Gasteiger partial charge in [-0.15, -0.1) is 6.58 Å². The average molecular weight is 266 g/mol.